The second-order valence-electron chi connectivity index (χ2n) is 4.24. The van der Waals surface area contributed by atoms with E-state index in [0.717, 1.165) is 17.3 Å². The first kappa shape index (κ1) is 13.7. The van der Waals surface area contributed by atoms with Gasteiger partial charge in [0, 0.05) is 17.6 Å². The Labute approximate surface area is 118 Å². The number of hydrogen-bond acceptors (Lipinski definition) is 3. The van der Waals surface area contributed by atoms with Gasteiger partial charge in [-0.3, -0.25) is 0 Å². The lowest BCUT2D eigenvalue weighted by Crippen LogP contribution is -2.02. The molecule has 2 aromatic rings. The highest BCUT2D eigenvalue weighted by molar-refractivity contribution is 6.30. The predicted octanol–water partition coefficient (Wildman–Crippen LogP) is 4.05. The molecule has 0 aliphatic carbocycles. The number of rotatable bonds is 5. The van der Waals surface area contributed by atoms with Gasteiger partial charge in [0.15, 0.2) is 0 Å². The van der Waals surface area contributed by atoms with Gasteiger partial charge in [0.1, 0.15) is 0 Å². The minimum atomic E-state index is 0.629. The smallest absolute Gasteiger partial charge is 0.213 e. The molecule has 0 saturated heterocycles. The lowest BCUT2D eigenvalue weighted by Gasteiger charge is -2.09. The molecule has 0 spiro atoms. The van der Waals surface area contributed by atoms with Crippen molar-refractivity contribution in [1.29, 1.82) is 0 Å². The zero-order valence-electron chi connectivity index (χ0n) is 11.1. The number of aryl methyl sites for hydroxylation is 1. The largest absolute Gasteiger partial charge is 0.478 e. The molecule has 0 radical (unpaired) electrons. The minimum absolute atomic E-state index is 0.629. The van der Waals surface area contributed by atoms with Crippen LogP contribution in [0, 0.1) is 6.92 Å². The van der Waals surface area contributed by atoms with Crippen molar-refractivity contribution in [3.63, 3.8) is 0 Å². The van der Waals surface area contributed by atoms with Crippen LogP contribution in [0.3, 0.4) is 0 Å². The van der Waals surface area contributed by atoms with E-state index in [1.807, 2.05) is 37.3 Å². The minimum Gasteiger partial charge on any atom is -0.478 e. The number of nitrogens with one attached hydrogen (secondary N) is 1. The third kappa shape index (κ3) is 3.86. The second kappa shape index (κ2) is 6.43. The summed E-state index contributed by atoms with van der Waals surface area (Å²) in [5.41, 5.74) is 3.37. The molecule has 0 fully saturated rings. The maximum Gasteiger partial charge on any atom is 0.213 e. The van der Waals surface area contributed by atoms with Gasteiger partial charge in [0.05, 0.1) is 18.5 Å². The Kier molecular flexibility index (Phi) is 4.63. The van der Waals surface area contributed by atoms with Crippen molar-refractivity contribution < 1.29 is 4.74 Å². The molecule has 100 valence electrons. The number of benzene rings is 1. The maximum atomic E-state index is 5.94. The Balaban J connectivity index is 1.98. The molecule has 0 unspecified atom stereocenters. The van der Waals surface area contributed by atoms with Crippen LogP contribution in [0.1, 0.15) is 18.1 Å². The van der Waals surface area contributed by atoms with E-state index in [1.54, 1.807) is 6.20 Å². The van der Waals surface area contributed by atoms with Crippen molar-refractivity contribution in [3.8, 4) is 5.88 Å². The van der Waals surface area contributed by atoms with Crippen LogP contribution in [0.5, 0.6) is 5.88 Å². The van der Waals surface area contributed by atoms with Crippen LogP contribution in [0.4, 0.5) is 5.69 Å². The zero-order chi connectivity index (χ0) is 13.7. The highest BCUT2D eigenvalue weighted by atomic mass is 35.5. The Morgan fingerprint density at radius 3 is 2.74 bits per heavy atom. The molecule has 0 saturated carbocycles. The van der Waals surface area contributed by atoms with Crippen LogP contribution in [0.2, 0.25) is 5.02 Å². The van der Waals surface area contributed by atoms with Crippen LogP contribution in [-0.2, 0) is 6.54 Å². The number of nitrogens with zero attached hydrogens (tertiary/aromatic N) is 1. The quantitative estimate of drug-likeness (QED) is 0.894. The Morgan fingerprint density at radius 2 is 2.11 bits per heavy atom. The molecular formula is C15H17ClN2O. The summed E-state index contributed by atoms with van der Waals surface area (Å²) < 4.78 is 5.30. The van der Waals surface area contributed by atoms with Gasteiger partial charge < -0.3 is 10.1 Å². The fraction of sp³-hybridized carbons (Fsp3) is 0.267. The molecule has 3 nitrogen and oxygen atoms in total. The molecule has 1 heterocycles. The maximum absolute atomic E-state index is 5.94. The molecular weight excluding hydrogens is 260 g/mol. The Hall–Kier alpha value is -1.74. The van der Waals surface area contributed by atoms with Crippen LogP contribution in [0.25, 0.3) is 0 Å². The van der Waals surface area contributed by atoms with Gasteiger partial charge in [-0.1, -0.05) is 17.7 Å². The Morgan fingerprint density at radius 1 is 1.26 bits per heavy atom. The lowest BCUT2D eigenvalue weighted by atomic mass is 10.1. The van der Waals surface area contributed by atoms with E-state index >= 15 is 0 Å². The average Bonchev–Trinajstić information content (AvgIpc) is 2.40. The molecule has 1 N–H and O–H groups in total. The summed E-state index contributed by atoms with van der Waals surface area (Å²) in [7, 11) is 0. The van der Waals surface area contributed by atoms with Crippen LogP contribution < -0.4 is 10.1 Å². The van der Waals surface area contributed by atoms with Crippen LogP contribution >= 0.6 is 11.6 Å². The second-order valence-corrected chi connectivity index (χ2v) is 4.68. The van der Waals surface area contributed by atoms with Crippen molar-refractivity contribution in [3.05, 3.63) is 52.7 Å². The molecule has 0 aliphatic heterocycles. The number of hydrogen-bond donors (Lipinski definition) is 1. The average molecular weight is 277 g/mol. The van der Waals surface area contributed by atoms with E-state index in [0.29, 0.717) is 12.5 Å². The summed E-state index contributed by atoms with van der Waals surface area (Å²) in [5, 5.41) is 4.10. The van der Waals surface area contributed by atoms with Crippen LogP contribution in [-0.4, -0.2) is 11.6 Å². The van der Waals surface area contributed by atoms with E-state index in [9.17, 15) is 0 Å². The summed E-state index contributed by atoms with van der Waals surface area (Å²) in [5.74, 6) is 0.649. The van der Waals surface area contributed by atoms with Crippen LogP contribution in [0.15, 0.2) is 36.5 Å². The predicted molar refractivity (Wildman–Crippen MR) is 78.9 cm³/mol. The van der Waals surface area contributed by atoms with E-state index in [1.165, 1.54) is 11.1 Å². The zero-order valence-corrected chi connectivity index (χ0v) is 11.9. The number of pyridine rings is 1. The first-order chi connectivity index (χ1) is 9.19. The van der Waals surface area contributed by atoms with Gasteiger partial charge in [-0.05, 0) is 43.2 Å². The molecule has 0 bridgehead atoms. The molecule has 1 aromatic heterocycles. The molecule has 0 aliphatic rings. The van der Waals surface area contributed by atoms with Gasteiger partial charge in [-0.15, -0.1) is 0 Å². The molecule has 4 heteroatoms. The molecule has 1 aromatic carbocycles. The van der Waals surface area contributed by atoms with Gasteiger partial charge in [0.2, 0.25) is 5.88 Å². The summed E-state index contributed by atoms with van der Waals surface area (Å²) in [4.78, 5) is 4.21. The number of halogens is 1. The lowest BCUT2D eigenvalue weighted by molar-refractivity contribution is 0.327. The molecule has 2 rings (SSSR count). The normalized spacial score (nSPS) is 10.3. The first-order valence-electron chi connectivity index (χ1n) is 6.27. The van der Waals surface area contributed by atoms with Gasteiger partial charge in [0.25, 0.3) is 0 Å². The third-order valence-electron chi connectivity index (χ3n) is 2.82. The van der Waals surface area contributed by atoms with E-state index < -0.39 is 0 Å². The van der Waals surface area contributed by atoms with Gasteiger partial charge >= 0.3 is 0 Å². The summed E-state index contributed by atoms with van der Waals surface area (Å²) in [6.45, 7) is 5.37. The van der Waals surface area contributed by atoms with E-state index in [4.69, 9.17) is 16.3 Å². The highest BCUT2D eigenvalue weighted by Gasteiger charge is 2.00. The number of anilines is 1. The van der Waals surface area contributed by atoms with Crippen molar-refractivity contribution in [2.45, 2.75) is 20.4 Å². The third-order valence-corrected chi connectivity index (χ3v) is 3.05. The van der Waals surface area contributed by atoms with Crippen molar-refractivity contribution in [2.24, 2.45) is 0 Å². The number of ether oxygens (including phenoxy) is 1. The molecule has 0 amide bonds. The SMILES string of the molecule is CCOc1ccc(NCc2ccc(Cl)cc2C)cn1. The first-order valence-corrected chi connectivity index (χ1v) is 6.64. The summed E-state index contributed by atoms with van der Waals surface area (Å²) in [6.07, 6.45) is 1.77. The highest BCUT2D eigenvalue weighted by Crippen LogP contribution is 2.17. The fourth-order valence-corrected chi connectivity index (χ4v) is 2.00. The van der Waals surface area contributed by atoms with Crippen molar-refractivity contribution in [2.75, 3.05) is 11.9 Å². The van der Waals surface area contributed by atoms with Crippen molar-refractivity contribution >= 4 is 17.3 Å². The van der Waals surface area contributed by atoms with E-state index in [2.05, 4.69) is 17.2 Å². The fourth-order valence-electron chi connectivity index (χ4n) is 1.77. The Bertz CT molecular complexity index is 540. The monoisotopic (exact) mass is 276 g/mol. The van der Waals surface area contributed by atoms with Crippen molar-refractivity contribution in [1.82, 2.24) is 4.98 Å². The summed E-state index contributed by atoms with van der Waals surface area (Å²) in [6, 6.07) is 9.73. The summed E-state index contributed by atoms with van der Waals surface area (Å²) >= 11 is 5.94. The standard InChI is InChI=1S/C15H17ClN2O/c1-3-19-15-7-6-14(10-18-15)17-9-12-4-5-13(16)8-11(12)2/h4-8,10,17H,3,9H2,1-2H3. The van der Waals surface area contributed by atoms with Gasteiger partial charge in [-0.25, -0.2) is 4.98 Å². The topological polar surface area (TPSA) is 34.1 Å². The number of aromatic nitrogens is 1. The molecule has 0 atom stereocenters. The van der Waals surface area contributed by atoms with Gasteiger partial charge in [-0.2, -0.15) is 0 Å². The van der Waals surface area contributed by atoms with E-state index in [-0.39, 0.29) is 0 Å². The molecule has 19 heavy (non-hydrogen) atoms.